The zero-order valence-corrected chi connectivity index (χ0v) is 22.2. The molecule has 0 heterocycles. The first-order chi connectivity index (χ1) is 18.7. The van der Waals surface area contributed by atoms with E-state index >= 15 is 0 Å². The number of rotatable bonds is 4. The smallest absolute Gasteiger partial charge is 0.287 e. The van der Waals surface area contributed by atoms with Crippen molar-refractivity contribution < 1.29 is 18.0 Å². The fourth-order valence-electron chi connectivity index (χ4n) is 7.17. The second kappa shape index (κ2) is 8.61. The number of benzene rings is 4. The Hall–Kier alpha value is -3.28. The van der Waals surface area contributed by atoms with E-state index < -0.39 is 33.6 Å². The molecule has 0 radical (unpaired) electrons. The van der Waals surface area contributed by atoms with Gasteiger partial charge in [-0.3, -0.25) is 4.79 Å². The molecule has 7 rings (SSSR count). The Bertz CT molecular complexity index is 1620. The van der Waals surface area contributed by atoms with Crippen LogP contribution in [-0.4, -0.2) is 11.3 Å². The Morgan fingerprint density at radius 1 is 0.769 bits per heavy atom. The fraction of sp³-hybridized carbons (Fsp3) is 0.182. The molecule has 0 amide bonds. The number of fused-ring (bicyclic) bond motifs is 6. The Kier molecular flexibility index (Phi) is 5.46. The van der Waals surface area contributed by atoms with Crippen molar-refractivity contribution in [3.63, 3.8) is 0 Å². The molecule has 3 aliphatic carbocycles. The van der Waals surface area contributed by atoms with Gasteiger partial charge >= 0.3 is 6.18 Å². The van der Waals surface area contributed by atoms with Gasteiger partial charge in [-0.15, -0.1) is 12.6 Å². The van der Waals surface area contributed by atoms with Crippen LogP contribution in [0.3, 0.4) is 0 Å². The summed E-state index contributed by atoms with van der Waals surface area (Å²) in [5.74, 6) is -1.58. The topological polar surface area (TPSA) is 17.1 Å². The third kappa shape index (κ3) is 3.52. The first-order valence-corrected chi connectivity index (χ1v) is 13.6. The average molecular weight is 559 g/mol. The van der Waals surface area contributed by atoms with Crippen LogP contribution in [0.1, 0.15) is 33.4 Å². The average Bonchev–Trinajstić information content (AvgIpc) is 3.21. The van der Waals surface area contributed by atoms with E-state index in [0.29, 0.717) is 12.8 Å². The third-order valence-electron chi connectivity index (χ3n) is 8.72. The number of thiol groups is 1. The fourth-order valence-corrected chi connectivity index (χ4v) is 7.67. The van der Waals surface area contributed by atoms with E-state index in [1.54, 1.807) is 0 Å². The summed E-state index contributed by atoms with van der Waals surface area (Å²) in [7, 11) is 0. The van der Waals surface area contributed by atoms with Crippen molar-refractivity contribution in [3.05, 3.63) is 129 Å². The second-order valence-corrected chi connectivity index (χ2v) is 11.4. The minimum absolute atomic E-state index is 0.441. The van der Waals surface area contributed by atoms with Crippen molar-refractivity contribution in [2.75, 3.05) is 0 Å². The molecule has 1 saturated carbocycles. The van der Waals surface area contributed by atoms with Crippen LogP contribution in [-0.2, 0) is 23.1 Å². The minimum atomic E-state index is -4.70. The van der Waals surface area contributed by atoms with Gasteiger partial charge in [0.2, 0.25) is 0 Å². The Balaban J connectivity index is 1.51. The molecule has 6 heteroatoms. The maximum absolute atomic E-state index is 13.7. The summed E-state index contributed by atoms with van der Waals surface area (Å²) >= 11 is 10.1. The number of hydrogen-bond donors (Lipinski definition) is 1. The number of allylic oxidation sites excluding steroid dienone is 2. The van der Waals surface area contributed by atoms with Crippen molar-refractivity contribution in [1.82, 2.24) is 0 Å². The lowest BCUT2D eigenvalue weighted by Crippen LogP contribution is -2.20. The van der Waals surface area contributed by atoms with Gasteiger partial charge in [0.15, 0.2) is 5.12 Å². The normalized spacial score (nSPS) is 20.2. The summed E-state index contributed by atoms with van der Waals surface area (Å²) in [5, 5.41) is -1.65. The van der Waals surface area contributed by atoms with E-state index in [2.05, 4.69) is 49.0 Å². The molecule has 194 valence electrons. The van der Waals surface area contributed by atoms with E-state index in [1.807, 2.05) is 48.5 Å². The van der Waals surface area contributed by atoms with Crippen LogP contribution in [0.5, 0.6) is 0 Å². The van der Waals surface area contributed by atoms with Gasteiger partial charge in [-0.1, -0.05) is 103 Å². The summed E-state index contributed by atoms with van der Waals surface area (Å²) in [6, 6.07) is 28.2. The summed E-state index contributed by atoms with van der Waals surface area (Å²) in [4.78, 5) is 13.2. The van der Waals surface area contributed by atoms with E-state index in [1.165, 1.54) is 0 Å². The van der Waals surface area contributed by atoms with Gasteiger partial charge in [0, 0.05) is 17.3 Å². The molecule has 2 unspecified atom stereocenters. The predicted molar refractivity (Wildman–Crippen MR) is 151 cm³/mol. The van der Waals surface area contributed by atoms with E-state index in [0.717, 1.165) is 61.7 Å². The van der Waals surface area contributed by atoms with E-state index in [-0.39, 0.29) is 0 Å². The summed E-state index contributed by atoms with van der Waals surface area (Å²) in [5.41, 5.74) is 9.49. The van der Waals surface area contributed by atoms with Gasteiger partial charge in [-0.05, 0) is 68.5 Å². The molecule has 0 aromatic heterocycles. The Labute approximate surface area is 234 Å². The van der Waals surface area contributed by atoms with E-state index in [9.17, 15) is 18.0 Å². The highest BCUT2D eigenvalue weighted by atomic mass is 35.5. The van der Waals surface area contributed by atoms with E-state index in [4.69, 9.17) is 11.6 Å². The molecule has 0 saturated heterocycles. The number of hydrogen-bond acceptors (Lipinski definition) is 1. The molecule has 39 heavy (non-hydrogen) atoms. The monoisotopic (exact) mass is 558 g/mol. The molecule has 2 atom stereocenters. The highest BCUT2D eigenvalue weighted by Crippen LogP contribution is 2.69. The SMILES string of the molecule is O=C(S)C1C(C=C(Cl)C(F)(F)F)C1(c1cccc2c1Cc1ccccc1-2)c1cccc2c1Cc1ccccc1-2. The van der Waals surface area contributed by atoms with Crippen molar-refractivity contribution in [3.8, 4) is 22.3 Å². The zero-order valence-electron chi connectivity index (χ0n) is 20.6. The van der Waals surface area contributed by atoms with Crippen LogP contribution in [0.4, 0.5) is 13.2 Å². The molecule has 3 aliphatic rings. The molecule has 4 aromatic carbocycles. The number of carbonyl (C=O) groups excluding carboxylic acids is 1. The van der Waals surface area contributed by atoms with Gasteiger partial charge in [-0.25, -0.2) is 0 Å². The van der Waals surface area contributed by atoms with Crippen molar-refractivity contribution in [2.45, 2.75) is 24.4 Å². The maximum atomic E-state index is 13.7. The highest BCUT2D eigenvalue weighted by molar-refractivity contribution is 7.96. The second-order valence-electron chi connectivity index (χ2n) is 10.6. The minimum Gasteiger partial charge on any atom is -0.287 e. The lowest BCUT2D eigenvalue weighted by molar-refractivity contribution is -0.112. The van der Waals surface area contributed by atoms with Crippen LogP contribution in [0.25, 0.3) is 22.3 Å². The molecular weight excluding hydrogens is 537 g/mol. The molecule has 1 fully saturated rings. The predicted octanol–water partition coefficient (Wildman–Crippen LogP) is 8.50. The Morgan fingerprint density at radius 3 is 1.69 bits per heavy atom. The third-order valence-corrected chi connectivity index (χ3v) is 9.34. The molecular formula is C33H22ClF3OS. The number of alkyl halides is 3. The summed E-state index contributed by atoms with van der Waals surface area (Å²) in [6.07, 6.45) is -2.36. The van der Waals surface area contributed by atoms with Gasteiger partial charge < -0.3 is 0 Å². The van der Waals surface area contributed by atoms with Gasteiger partial charge in [0.1, 0.15) is 5.03 Å². The van der Waals surface area contributed by atoms with Gasteiger partial charge in [-0.2, -0.15) is 13.2 Å². The maximum Gasteiger partial charge on any atom is 0.426 e. The molecule has 1 nitrogen and oxygen atoms in total. The molecule has 0 aliphatic heterocycles. The van der Waals surface area contributed by atoms with Crippen molar-refractivity contribution in [2.24, 2.45) is 11.8 Å². The first-order valence-electron chi connectivity index (χ1n) is 12.8. The van der Waals surface area contributed by atoms with Crippen molar-refractivity contribution >= 4 is 29.3 Å². The van der Waals surface area contributed by atoms with Crippen LogP contribution < -0.4 is 0 Å². The standard InChI is InChI=1S/C33H22ClF3OS/c34-29(33(35,36)37)17-28-30(31(38)39)32(28,26-13-5-11-22-20-9-3-1-7-18(20)15-24(22)26)27-14-6-12-23-21-10-4-2-8-19(21)16-25(23)27/h1-14,17,28,30H,15-16H2,(H,38,39). The van der Waals surface area contributed by atoms with Crippen LogP contribution in [0.15, 0.2) is 96.0 Å². The highest BCUT2D eigenvalue weighted by Gasteiger charge is 2.69. The summed E-state index contributed by atoms with van der Waals surface area (Å²) < 4.78 is 41.1. The van der Waals surface area contributed by atoms with Crippen LogP contribution in [0, 0.1) is 11.8 Å². The lowest BCUT2D eigenvalue weighted by atomic mass is 9.77. The molecule has 0 bridgehead atoms. The van der Waals surface area contributed by atoms with Gasteiger partial charge in [0.25, 0.3) is 0 Å². The first kappa shape index (κ1) is 24.7. The zero-order chi connectivity index (χ0) is 27.1. The van der Waals surface area contributed by atoms with Crippen LogP contribution >= 0.6 is 24.2 Å². The number of carbonyl (C=O) groups is 1. The van der Waals surface area contributed by atoms with Crippen LogP contribution in [0.2, 0.25) is 0 Å². The lowest BCUT2D eigenvalue weighted by Gasteiger charge is -2.25. The van der Waals surface area contributed by atoms with Crippen molar-refractivity contribution in [1.29, 1.82) is 0 Å². The quantitative estimate of drug-likeness (QED) is 0.215. The molecule has 0 spiro atoms. The Morgan fingerprint density at radius 2 is 1.23 bits per heavy atom. The molecule has 4 aromatic rings. The molecule has 0 N–H and O–H groups in total. The summed E-state index contributed by atoms with van der Waals surface area (Å²) in [6.45, 7) is 0. The largest absolute Gasteiger partial charge is 0.426 e. The number of halogens is 4. The van der Waals surface area contributed by atoms with Gasteiger partial charge in [0.05, 0.1) is 0 Å².